The van der Waals surface area contributed by atoms with Crippen molar-refractivity contribution in [3.05, 3.63) is 29.8 Å². The minimum absolute atomic E-state index is 0.153. The minimum Gasteiger partial charge on any atom is -0.496 e. The van der Waals surface area contributed by atoms with Gasteiger partial charge in [0.1, 0.15) is 5.75 Å². The third kappa shape index (κ3) is 4.23. The Morgan fingerprint density at radius 2 is 2.23 bits per heavy atom. The van der Waals surface area contributed by atoms with Crippen LogP contribution in [-0.2, 0) is 4.79 Å². The second kappa shape index (κ2) is 8.18. The zero-order valence-electron chi connectivity index (χ0n) is 13.6. The van der Waals surface area contributed by atoms with Crippen LogP contribution >= 0.6 is 0 Å². The van der Waals surface area contributed by atoms with Gasteiger partial charge in [-0.05, 0) is 42.7 Å². The van der Waals surface area contributed by atoms with Crippen LogP contribution in [0.15, 0.2) is 24.3 Å². The molecule has 2 rings (SSSR count). The molecule has 0 aliphatic carbocycles. The van der Waals surface area contributed by atoms with E-state index in [0.717, 1.165) is 43.7 Å². The Kier molecular flexibility index (Phi) is 6.25. The van der Waals surface area contributed by atoms with Crippen molar-refractivity contribution in [2.45, 2.75) is 38.5 Å². The highest BCUT2D eigenvalue weighted by molar-refractivity contribution is 5.77. The molecule has 1 aromatic rings. The van der Waals surface area contributed by atoms with E-state index in [1.54, 1.807) is 7.11 Å². The zero-order chi connectivity index (χ0) is 15.9. The lowest BCUT2D eigenvalue weighted by molar-refractivity contribution is -0.130. The fourth-order valence-corrected chi connectivity index (χ4v) is 3.25. The molecule has 4 heteroatoms. The first-order chi connectivity index (χ1) is 10.7. The average molecular weight is 305 g/mol. The number of methoxy groups -OCH3 is 1. The summed E-state index contributed by atoms with van der Waals surface area (Å²) in [5.74, 6) is 1.78. The summed E-state index contributed by atoms with van der Waals surface area (Å²) in [6, 6.07) is 7.91. The number of likely N-dealkylation sites (tertiary alicyclic amines) is 1. The van der Waals surface area contributed by atoms with Crippen molar-refractivity contribution in [3.63, 3.8) is 0 Å². The number of hydrogen-bond acceptors (Lipinski definition) is 3. The molecule has 0 aromatic heterocycles. The average Bonchev–Trinajstić information content (AvgIpc) is 3.01. The molecule has 122 valence electrons. The molecular formula is C18H27NO3. The molecule has 0 bridgehead atoms. The highest BCUT2D eigenvalue weighted by Crippen LogP contribution is 2.30. The van der Waals surface area contributed by atoms with Crippen molar-refractivity contribution in [1.29, 1.82) is 0 Å². The van der Waals surface area contributed by atoms with Gasteiger partial charge in [-0.3, -0.25) is 4.79 Å². The Labute approximate surface area is 133 Å². The van der Waals surface area contributed by atoms with E-state index in [1.807, 2.05) is 29.2 Å². The van der Waals surface area contributed by atoms with Crippen molar-refractivity contribution >= 4 is 5.91 Å². The predicted octanol–water partition coefficient (Wildman–Crippen LogP) is 2.81. The first kappa shape index (κ1) is 16.8. The molecule has 1 amide bonds. The van der Waals surface area contributed by atoms with Crippen LogP contribution in [0.4, 0.5) is 0 Å². The smallest absolute Gasteiger partial charge is 0.223 e. The standard InChI is InChI=1S/C18H27NO3/c1-14(16-7-3-4-8-17(16)22-2)12-18(21)19-10-9-15(13-19)6-5-11-20/h3-4,7-8,14-15,20H,5-6,9-13H2,1-2H3. The lowest BCUT2D eigenvalue weighted by atomic mass is 9.96. The quantitative estimate of drug-likeness (QED) is 0.842. The first-order valence-electron chi connectivity index (χ1n) is 8.17. The molecule has 1 aliphatic heterocycles. The number of carbonyl (C=O) groups is 1. The number of aliphatic hydroxyl groups excluding tert-OH is 1. The predicted molar refractivity (Wildman–Crippen MR) is 87.0 cm³/mol. The van der Waals surface area contributed by atoms with Crippen LogP contribution in [0, 0.1) is 5.92 Å². The van der Waals surface area contributed by atoms with Crippen LogP contribution in [0.25, 0.3) is 0 Å². The Balaban J connectivity index is 1.89. The number of benzene rings is 1. The van der Waals surface area contributed by atoms with Crippen LogP contribution in [0.1, 0.15) is 44.1 Å². The van der Waals surface area contributed by atoms with Crippen LogP contribution in [0.2, 0.25) is 0 Å². The summed E-state index contributed by atoms with van der Waals surface area (Å²) in [7, 11) is 1.67. The fraction of sp³-hybridized carbons (Fsp3) is 0.611. The van der Waals surface area contributed by atoms with Gasteiger partial charge in [0, 0.05) is 26.1 Å². The van der Waals surface area contributed by atoms with E-state index >= 15 is 0 Å². The van der Waals surface area contributed by atoms with Gasteiger partial charge in [0.25, 0.3) is 0 Å². The fourth-order valence-electron chi connectivity index (χ4n) is 3.25. The summed E-state index contributed by atoms with van der Waals surface area (Å²) in [6.07, 6.45) is 3.44. The van der Waals surface area contributed by atoms with Crippen LogP contribution in [0.5, 0.6) is 5.75 Å². The number of amides is 1. The number of carbonyl (C=O) groups excluding carboxylic acids is 1. The Hall–Kier alpha value is -1.55. The molecule has 0 saturated carbocycles. The molecule has 1 aliphatic rings. The summed E-state index contributed by atoms with van der Waals surface area (Å²) in [4.78, 5) is 14.5. The second-order valence-electron chi connectivity index (χ2n) is 6.21. The van der Waals surface area contributed by atoms with Crippen LogP contribution in [0.3, 0.4) is 0 Å². The van der Waals surface area contributed by atoms with Gasteiger partial charge in [-0.25, -0.2) is 0 Å². The van der Waals surface area contributed by atoms with Crippen LogP contribution in [-0.4, -0.2) is 42.7 Å². The van der Waals surface area contributed by atoms with E-state index < -0.39 is 0 Å². The molecule has 4 nitrogen and oxygen atoms in total. The second-order valence-corrected chi connectivity index (χ2v) is 6.21. The normalized spacial score (nSPS) is 19.2. The van der Waals surface area contributed by atoms with E-state index in [2.05, 4.69) is 6.92 Å². The van der Waals surface area contributed by atoms with Gasteiger partial charge in [0.05, 0.1) is 7.11 Å². The third-order valence-electron chi connectivity index (χ3n) is 4.56. The minimum atomic E-state index is 0.153. The van der Waals surface area contributed by atoms with E-state index in [0.29, 0.717) is 12.3 Å². The maximum atomic E-state index is 12.5. The number of ether oxygens (including phenoxy) is 1. The van der Waals surface area contributed by atoms with Crippen molar-refractivity contribution in [3.8, 4) is 5.75 Å². The number of hydrogen-bond donors (Lipinski definition) is 1. The maximum Gasteiger partial charge on any atom is 0.223 e. The van der Waals surface area contributed by atoms with Crippen molar-refractivity contribution in [2.24, 2.45) is 5.92 Å². The Bertz CT molecular complexity index is 489. The van der Waals surface area contributed by atoms with Gasteiger partial charge < -0.3 is 14.7 Å². The van der Waals surface area contributed by atoms with Crippen LogP contribution < -0.4 is 4.74 Å². The molecule has 1 aromatic carbocycles. The van der Waals surface area contributed by atoms with Gasteiger partial charge in [0.15, 0.2) is 0 Å². The molecule has 1 fully saturated rings. The van der Waals surface area contributed by atoms with E-state index in [1.165, 1.54) is 0 Å². The number of para-hydroxylation sites is 1. The molecular weight excluding hydrogens is 278 g/mol. The molecule has 22 heavy (non-hydrogen) atoms. The highest BCUT2D eigenvalue weighted by atomic mass is 16.5. The topological polar surface area (TPSA) is 49.8 Å². The Morgan fingerprint density at radius 3 is 2.95 bits per heavy atom. The summed E-state index contributed by atoms with van der Waals surface area (Å²) < 4.78 is 5.39. The Morgan fingerprint density at radius 1 is 1.45 bits per heavy atom. The van der Waals surface area contributed by atoms with Gasteiger partial charge in [-0.1, -0.05) is 25.1 Å². The SMILES string of the molecule is COc1ccccc1C(C)CC(=O)N1CCC(CCCO)C1. The number of nitrogens with zero attached hydrogens (tertiary/aromatic N) is 1. The number of aliphatic hydroxyl groups is 1. The monoisotopic (exact) mass is 305 g/mol. The molecule has 2 atom stereocenters. The first-order valence-corrected chi connectivity index (χ1v) is 8.17. The summed E-state index contributed by atoms with van der Waals surface area (Å²) >= 11 is 0. The van der Waals surface area contributed by atoms with Crippen molar-refractivity contribution < 1.29 is 14.6 Å². The van der Waals surface area contributed by atoms with Gasteiger partial charge >= 0.3 is 0 Å². The molecule has 0 spiro atoms. The lowest BCUT2D eigenvalue weighted by Crippen LogP contribution is -2.29. The molecule has 0 radical (unpaired) electrons. The van der Waals surface area contributed by atoms with E-state index in [-0.39, 0.29) is 18.4 Å². The van der Waals surface area contributed by atoms with Gasteiger partial charge in [-0.2, -0.15) is 0 Å². The highest BCUT2D eigenvalue weighted by Gasteiger charge is 2.27. The maximum absolute atomic E-state index is 12.5. The molecule has 2 unspecified atom stereocenters. The lowest BCUT2D eigenvalue weighted by Gasteiger charge is -2.20. The molecule has 1 saturated heterocycles. The molecule has 1 N–H and O–H groups in total. The van der Waals surface area contributed by atoms with E-state index in [9.17, 15) is 4.79 Å². The summed E-state index contributed by atoms with van der Waals surface area (Å²) in [5, 5.41) is 8.90. The summed E-state index contributed by atoms with van der Waals surface area (Å²) in [5.41, 5.74) is 1.09. The number of rotatable bonds is 7. The largest absolute Gasteiger partial charge is 0.496 e. The van der Waals surface area contributed by atoms with Gasteiger partial charge in [0.2, 0.25) is 5.91 Å². The molecule has 1 heterocycles. The van der Waals surface area contributed by atoms with E-state index in [4.69, 9.17) is 9.84 Å². The summed E-state index contributed by atoms with van der Waals surface area (Å²) in [6.45, 7) is 4.02. The van der Waals surface area contributed by atoms with Gasteiger partial charge in [-0.15, -0.1) is 0 Å². The van der Waals surface area contributed by atoms with Crippen molar-refractivity contribution in [2.75, 3.05) is 26.8 Å². The van der Waals surface area contributed by atoms with Crippen molar-refractivity contribution in [1.82, 2.24) is 4.90 Å². The zero-order valence-corrected chi connectivity index (χ0v) is 13.6. The third-order valence-corrected chi connectivity index (χ3v) is 4.56.